The first kappa shape index (κ1) is 14.9. The fraction of sp³-hybridized carbons (Fsp3) is 0.364. The topological polar surface area (TPSA) is 83.5 Å². The number of carboxylic acids is 1. The third kappa shape index (κ3) is 3.22. The lowest BCUT2D eigenvalue weighted by atomic mass is 10.1. The van der Waals surface area contributed by atoms with E-state index in [4.69, 9.17) is 16.7 Å². The molecule has 0 saturated heterocycles. The fourth-order valence-corrected chi connectivity index (χ4v) is 3.18. The number of sulfonamides is 1. The maximum atomic E-state index is 12.1. The Labute approximate surface area is 111 Å². The minimum atomic E-state index is -3.93. The van der Waals surface area contributed by atoms with E-state index in [0.29, 0.717) is 5.56 Å². The van der Waals surface area contributed by atoms with E-state index in [0.717, 1.165) is 0 Å². The predicted molar refractivity (Wildman–Crippen MR) is 68.2 cm³/mol. The summed E-state index contributed by atoms with van der Waals surface area (Å²) in [6, 6.07) is 4.42. The quantitative estimate of drug-likeness (QED) is 0.886. The molecular formula is C11H14ClNO4S. The number of aryl methyl sites for hydroxylation is 1. The van der Waals surface area contributed by atoms with Gasteiger partial charge in [-0.05, 0) is 38.5 Å². The molecule has 2 N–H and O–H groups in total. The summed E-state index contributed by atoms with van der Waals surface area (Å²) < 4.78 is 26.3. The number of hydrogen-bond acceptors (Lipinski definition) is 3. The molecule has 100 valence electrons. The van der Waals surface area contributed by atoms with Crippen molar-refractivity contribution in [3.05, 3.63) is 28.8 Å². The SMILES string of the molecule is Cc1ccc(Cl)cc1S(=O)(=O)NC(C)(C)C(=O)O. The summed E-state index contributed by atoms with van der Waals surface area (Å²) in [4.78, 5) is 10.9. The Hall–Kier alpha value is -1.11. The van der Waals surface area contributed by atoms with Crippen LogP contribution in [0.4, 0.5) is 0 Å². The van der Waals surface area contributed by atoms with Crippen LogP contribution in [0.1, 0.15) is 19.4 Å². The third-order valence-electron chi connectivity index (χ3n) is 2.36. The van der Waals surface area contributed by atoms with E-state index in [9.17, 15) is 13.2 Å². The number of aliphatic carboxylic acids is 1. The molecule has 5 nitrogen and oxygen atoms in total. The molecule has 7 heteroatoms. The van der Waals surface area contributed by atoms with Crippen molar-refractivity contribution in [2.75, 3.05) is 0 Å². The first-order chi connectivity index (χ1) is 8.06. The summed E-state index contributed by atoms with van der Waals surface area (Å²) in [6.45, 7) is 4.15. The zero-order valence-corrected chi connectivity index (χ0v) is 11.8. The fourth-order valence-electron chi connectivity index (χ4n) is 1.30. The van der Waals surface area contributed by atoms with E-state index in [1.165, 1.54) is 19.9 Å². The van der Waals surface area contributed by atoms with Gasteiger partial charge in [-0.2, -0.15) is 4.72 Å². The summed E-state index contributed by atoms with van der Waals surface area (Å²) in [5.41, 5.74) is -1.10. The zero-order chi connectivity index (χ0) is 14.1. The summed E-state index contributed by atoms with van der Waals surface area (Å²) in [6.07, 6.45) is 0. The number of rotatable bonds is 4. The van der Waals surface area contributed by atoms with Gasteiger partial charge >= 0.3 is 5.97 Å². The molecular weight excluding hydrogens is 278 g/mol. The predicted octanol–water partition coefficient (Wildman–Crippen LogP) is 1.79. The molecule has 1 rings (SSSR count). The summed E-state index contributed by atoms with van der Waals surface area (Å²) in [5, 5.41) is 9.19. The molecule has 0 fully saturated rings. The van der Waals surface area contributed by atoms with Crippen LogP contribution in [0.2, 0.25) is 5.02 Å². The van der Waals surface area contributed by atoms with Crippen LogP contribution in [-0.2, 0) is 14.8 Å². The molecule has 0 aliphatic heterocycles. The molecule has 18 heavy (non-hydrogen) atoms. The van der Waals surface area contributed by atoms with Crippen LogP contribution in [0.25, 0.3) is 0 Å². The highest BCUT2D eigenvalue weighted by Crippen LogP contribution is 2.21. The van der Waals surface area contributed by atoms with Gasteiger partial charge < -0.3 is 5.11 Å². The lowest BCUT2D eigenvalue weighted by Gasteiger charge is -2.21. The highest BCUT2D eigenvalue weighted by molar-refractivity contribution is 7.89. The van der Waals surface area contributed by atoms with Gasteiger partial charge in [-0.1, -0.05) is 17.7 Å². The van der Waals surface area contributed by atoms with Gasteiger partial charge in [0.05, 0.1) is 4.90 Å². The number of benzene rings is 1. The Bertz CT molecular complexity index is 581. The highest BCUT2D eigenvalue weighted by Gasteiger charge is 2.33. The molecule has 0 radical (unpaired) electrons. The van der Waals surface area contributed by atoms with E-state index < -0.39 is 21.5 Å². The number of nitrogens with one attached hydrogen (secondary N) is 1. The normalized spacial score (nSPS) is 12.4. The highest BCUT2D eigenvalue weighted by atomic mass is 35.5. The van der Waals surface area contributed by atoms with Crippen molar-refractivity contribution in [2.45, 2.75) is 31.2 Å². The monoisotopic (exact) mass is 291 g/mol. The van der Waals surface area contributed by atoms with E-state index in [1.54, 1.807) is 19.1 Å². The minimum Gasteiger partial charge on any atom is -0.480 e. The van der Waals surface area contributed by atoms with Crippen molar-refractivity contribution in [3.8, 4) is 0 Å². The standard InChI is InChI=1S/C11H14ClNO4S/c1-7-4-5-8(12)6-9(7)18(16,17)13-11(2,3)10(14)15/h4-6,13H,1-3H3,(H,14,15). The van der Waals surface area contributed by atoms with Gasteiger partial charge in [-0.15, -0.1) is 0 Å². The van der Waals surface area contributed by atoms with Crippen LogP contribution in [0.5, 0.6) is 0 Å². The Morgan fingerprint density at radius 3 is 2.44 bits per heavy atom. The van der Waals surface area contributed by atoms with Gasteiger partial charge in [-0.25, -0.2) is 8.42 Å². The average Bonchev–Trinajstić information content (AvgIpc) is 2.19. The summed E-state index contributed by atoms with van der Waals surface area (Å²) >= 11 is 5.75. The smallest absolute Gasteiger partial charge is 0.324 e. The molecule has 0 heterocycles. The maximum absolute atomic E-state index is 12.1. The molecule has 1 aromatic rings. The van der Waals surface area contributed by atoms with Crippen LogP contribution in [-0.4, -0.2) is 25.0 Å². The summed E-state index contributed by atoms with van der Waals surface area (Å²) in [7, 11) is -3.93. The van der Waals surface area contributed by atoms with Crippen molar-refractivity contribution in [3.63, 3.8) is 0 Å². The van der Waals surface area contributed by atoms with Crippen LogP contribution < -0.4 is 4.72 Å². The molecule has 0 unspecified atom stereocenters. The van der Waals surface area contributed by atoms with Gasteiger partial charge in [0.15, 0.2) is 0 Å². The molecule has 0 amide bonds. The van der Waals surface area contributed by atoms with Crippen molar-refractivity contribution >= 4 is 27.6 Å². The van der Waals surface area contributed by atoms with E-state index >= 15 is 0 Å². The van der Waals surface area contributed by atoms with E-state index in [2.05, 4.69) is 4.72 Å². The third-order valence-corrected chi connectivity index (χ3v) is 4.40. The van der Waals surface area contributed by atoms with Gasteiger partial charge in [0.25, 0.3) is 0 Å². The minimum absolute atomic E-state index is 0.0238. The largest absolute Gasteiger partial charge is 0.480 e. The number of halogens is 1. The Balaban J connectivity index is 3.23. The molecule has 0 atom stereocenters. The van der Waals surface area contributed by atoms with Crippen LogP contribution in [0.15, 0.2) is 23.1 Å². The maximum Gasteiger partial charge on any atom is 0.324 e. The second-order valence-electron chi connectivity index (χ2n) is 4.45. The van der Waals surface area contributed by atoms with E-state index in [1.807, 2.05) is 0 Å². The molecule has 0 aliphatic rings. The van der Waals surface area contributed by atoms with Gasteiger partial charge in [0.1, 0.15) is 5.54 Å². The average molecular weight is 292 g/mol. The lowest BCUT2D eigenvalue weighted by molar-refractivity contribution is -0.142. The number of carboxylic acid groups (broad SMARTS) is 1. The van der Waals surface area contributed by atoms with Crippen LogP contribution in [0.3, 0.4) is 0 Å². The molecule has 0 aromatic heterocycles. The molecule has 0 saturated carbocycles. The van der Waals surface area contributed by atoms with Crippen molar-refractivity contribution in [2.24, 2.45) is 0 Å². The first-order valence-electron chi connectivity index (χ1n) is 5.10. The van der Waals surface area contributed by atoms with Crippen LogP contribution in [0, 0.1) is 6.92 Å². The second kappa shape index (κ2) is 4.87. The Kier molecular flexibility index (Phi) is 4.05. The van der Waals surface area contributed by atoms with Gasteiger partial charge in [0, 0.05) is 5.02 Å². The summed E-state index contributed by atoms with van der Waals surface area (Å²) in [5.74, 6) is -1.26. The van der Waals surface area contributed by atoms with Crippen molar-refractivity contribution in [1.29, 1.82) is 0 Å². The van der Waals surface area contributed by atoms with Crippen molar-refractivity contribution < 1.29 is 18.3 Å². The lowest BCUT2D eigenvalue weighted by Crippen LogP contribution is -2.49. The van der Waals surface area contributed by atoms with Gasteiger partial charge in [-0.3, -0.25) is 4.79 Å². The Morgan fingerprint density at radius 1 is 1.39 bits per heavy atom. The number of hydrogen-bond donors (Lipinski definition) is 2. The van der Waals surface area contributed by atoms with Crippen LogP contribution >= 0.6 is 11.6 Å². The second-order valence-corrected chi connectivity index (χ2v) is 6.53. The van der Waals surface area contributed by atoms with Crippen molar-refractivity contribution in [1.82, 2.24) is 4.72 Å². The van der Waals surface area contributed by atoms with Gasteiger partial charge in [0.2, 0.25) is 10.0 Å². The van der Waals surface area contributed by atoms with E-state index in [-0.39, 0.29) is 9.92 Å². The zero-order valence-electron chi connectivity index (χ0n) is 10.2. The number of carbonyl (C=O) groups is 1. The Morgan fingerprint density at radius 2 is 1.94 bits per heavy atom. The first-order valence-corrected chi connectivity index (χ1v) is 6.96. The molecule has 0 bridgehead atoms. The molecule has 0 spiro atoms. The molecule has 1 aromatic carbocycles. The molecule has 0 aliphatic carbocycles.